The van der Waals surface area contributed by atoms with Gasteiger partial charge in [-0.1, -0.05) is 0 Å². The fourth-order valence-electron chi connectivity index (χ4n) is 1.51. The summed E-state index contributed by atoms with van der Waals surface area (Å²) in [7, 11) is 3.13. The molecule has 0 atom stereocenters. The van der Waals surface area contributed by atoms with Crippen molar-refractivity contribution in [3.05, 3.63) is 30.4 Å². The van der Waals surface area contributed by atoms with E-state index in [1.807, 2.05) is 0 Å². The van der Waals surface area contributed by atoms with Crippen molar-refractivity contribution in [2.45, 2.75) is 13.5 Å². The molecule has 0 saturated heterocycles. The van der Waals surface area contributed by atoms with Crippen LogP contribution in [0, 0.1) is 0 Å². The lowest BCUT2D eigenvalue weighted by molar-refractivity contribution is 0.101. The van der Waals surface area contributed by atoms with Gasteiger partial charge in [0.2, 0.25) is 0 Å². The van der Waals surface area contributed by atoms with E-state index in [4.69, 9.17) is 9.47 Å². The standard InChI is InChI=1S/C11H15N5O3/c1-18-7-15-4-3-10(14-15)11(17)13-9-5-12-16(6-9)8-19-2/h3-6H,7-8H2,1-2H3,(H,13,17). The van der Waals surface area contributed by atoms with Gasteiger partial charge in [-0.2, -0.15) is 10.2 Å². The fraction of sp³-hybridized carbons (Fsp3) is 0.364. The van der Waals surface area contributed by atoms with Crippen molar-refractivity contribution < 1.29 is 14.3 Å². The van der Waals surface area contributed by atoms with Gasteiger partial charge < -0.3 is 14.8 Å². The molecule has 0 unspecified atom stereocenters. The Kier molecular flexibility index (Phi) is 4.26. The largest absolute Gasteiger partial charge is 0.362 e. The van der Waals surface area contributed by atoms with Crippen LogP contribution in [0.5, 0.6) is 0 Å². The highest BCUT2D eigenvalue weighted by atomic mass is 16.5. The Bertz CT molecular complexity index is 548. The van der Waals surface area contributed by atoms with E-state index < -0.39 is 0 Å². The van der Waals surface area contributed by atoms with E-state index >= 15 is 0 Å². The van der Waals surface area contributed by atoms with Crippen LogP contribution in [0.4, 0.5) is 5.69 Å². The predicted octanol–water partition coefficient (Wildman–Crippen LogP) is 0.540. The van der Waals surface area contributed by atoms with Gasteiger partial charge in [0.1, 0.15) is 13.5 Å². The smallest absolute Gasteiger partial charge is 0.276 e. The monoisotopic (exact) mass is 265 g/mol. The van der Waals surface area contributed by atoms with Crippen molar-refractivity contribution in [2.75, 3.05) is 19.5 Å². The number of hydrogen-bond donors (Lipinski definition) is 1. The molecule has 0 aliphatic carbocycles. The first-order chi connectivity index (χ1) is 9.22. The van der Waals surface area contributed by atoms with Gasteiger partial charge in [0.25, 0.3) is 5.91 Å². The summed E-state index contributed by atoms with van der Waals surface area (Å²) in [6, 6.07) is 1.62. The summed E-state index contributed by atoms with van der Waals surface area (Å²) in [6.45, 7) is 0.636. The third kappa shape index (κ3) is 3.39. The molecular weight excluding hydrogens is 250 g/mol. The second-order valence-electron chi connectivity index (χ2n) is 3.80. The summed E-state index contributed by atoms with van der Waals surface area (Å²) in [5, 5.41) is 10.8. The lowest BCUT2D eigenvalue weighted by atomic mass is 10.4. The SMILES string of the molecule is COCn1cc(NC(=O)c2ccn(COC)n2)cn1. The molecule has 0 saturated carbocycles. The van der Waals surface area contributed by atoms with E-state index in [-0.39, 0.29) is 5.91 Å². The van der Waals surface area contributed by atoms with Gasteiger partial charge in [-0.25, -0.2) is 9.36 Å². The minimum absolute atomic E-state index is 0.299. The quantitative estimate of drug-likeness (QED) is 0.824. The predicted molar refractivity (Wildman–Crippen MR) is 66.4 cm³/mol. The lowest BCUT2D eigenvalue weighted by Crippen LogP contribution is -2.13. The Morgan fingerprint density at radius 1 is 1.32 bits per heavy atom. The number of amides is 1. The first-order valence-electron chi connectivity index (χ1n) is 5.58. The molecule has 0 aliphatic rings. The molecule has 2 rings (SSSR count). The molecule has 8 nitrogen and oxygen atoms in total. The summed E-state index contributed by atoms with van der Waals surface area (Å²) in [5.41, 5.74) is 0.903. The van der Waals surface area contributed by atoms with Gasteiger partial charge in [-0.3, -0.25) is 4.79 Å². The second kappa shape index (κ2) is 6.12. The number of anilines is 1. The van der Waals surface area contributed by atoms with Gasteiger partial charge in [-0.05, 0) is 6.07 Å². The van der Waals surface area contributed by atoms with Crippen LogP contribution in [-0.4, -0.2) is 39.7 Å². The molecule has 0 aromatic carbocycles. The molecule has 2 heterocycles. The summed E-state index contributed by atoms with van der Waals surface area (Å²) < 4.78 is 12.9. The zero-order chi connectivity index (χ0) is 13.7. The van der Waals surface area contributed by atoms with Crippen LogP contribution in [-0.2, 0) is 22.9 Å². The third-order valence-electron chi connectivity index (χ3n) is 2.29. The highest BCUT2D eigenvalue weighted by Crippen LogP contribution is 2.07. The normalized spacial score (nSPS) is 10.6. The van der Waals surface area contributed by atoms with Crippen LogP contribution in [0.3, 0.4) is 0 Å². The third-order valence-corrected chi connectivity index (χ3v) is 2.29. The number of rotatable bonds is 6. The first-order valence-corrected chi connectivity index (χ1v) is 5.58. The average molecular weight is 265 g/mol. The number of nitrogens with zero attached hydrogens (tertiary/aromatic N) is 4. The molecule has 0 radical (unpaired) electrons. The van der Waals surface area contributed by atoms with Gasteiger partial charge in [0.15, 0.2) is 5.69 Å². The van der Waals surface area contributed by atoms with Crippen molar-refractivity contribution in [1.82, 2.24) is 19.6 Å². The van der Waals surface area contributed by atoms with Crippen LogP contribution in [0.1, 0.15) is 10.5 Å². The maximum absolute atomic E-state index is 11.9. The average Bonchev–Trinajstić information content (AvgIpc) is 3.00. The summed E-state index contributed by atoms with van der Waals surface area (Å²) in [4.78, 5) is 11.9. The van der Waals surface area contributed by atoms with E-state index in [2.05, 4.69) is 15.5 Å². The highest BCUT2D eigenvalue weighted by Gasteiger charge is 2.10. The van der Waals surface area contributed by atoms with E-state index in [0.29, 0.717) is 24.8 Å². The van der Waals surface area contributed by atoms with Crippen molar-refractivity contribution in [3.8, 4) is 0 Å². The van der Waals surface area contributed by atoms with Crippen LogP contribution < -0.4 is 5.32 Å². The molecule has 2 aromatic rings. The Balaban J connectivity index is 1.98. The zero-order valence-corrected chi connectivity index (χ0v) is 10.7. The van der Waals surface area contributed by atoms with Crippen LogP contribution >= 0.6 is 0 Å². The highest BCUT2D eigenvalue weighted by molar-refractivity contribution is 6.02. The maximum Gasteiger partial charge on any atom is 0.276 e. The zero-order valence-electron chi connectivity index (χ0n) is 10.7. The number of aromatic nitrogens is 4. The maximum atomic E-state index is 11.9. The van der Waals surface area contributed by atoms with Crippen molar-refractivity contribution in [2.24, 2.45) is 0 Å². The lowest BCUT2D eigenvalue weighted by Gasteiger charge is -2.00. The Morgan fingerprint density at radius 3 is 2.79 bits per heavy atom. The minimum atomic E-state index is -0.299. The van der Waals surface area contributed by atoms with Crippen molar-refractivity contribution in [3.63, 3.8) is 0 Å². The molecule has 0 fully saturated rings. The van der Waals surface area contributed by atoms with Crippen LogP contribution in [0.2, 0.25) is 0 Å². The van der Waals surface area contributed by atoms with Crippen molar-refractivity contribution >= 4 is 11.6 Å². The van der Waals surface area contributed by atoms with Gasteiger partial charge in [-0.15, -0.1) is 0 Å². The summed E-state index contributed by atoms with van der Waals surface area (Å²) in [5.74, 6) is -0.299. The number of nitrogens with one attached hydrogen (secondary N) is 1. The van der Waals surface area contributed by atoms with Crippen LogP contribution in [0.15, 0.2) is 24.7 Å². The molecule has 8 heteroatoms. The van der Waals surface area contributed by atoms with Gasteiger partial charge in [0, 0.05) is 20.4 Å². The van der Waals surface area contributed by atoms with E-state index in [9.17, 15) is 4.79 Å². The molecule has 0 aliphatic heterocycles. The molecule has 0 spiro atoms. The topological polar surface area (TPSA) is 83.2 Å². The number of hydrogen-bond acceptors (Lipinski definition) is 5. The number of methoxy groups -OCH3 is 2. The molecule has 1 amide bonds. The summed E-state index contributed by atoms with van der Waals surface area (Å²) in [6.07, 6.45) is 4.89. The number of carbonyl (C=O) groups excluding carboxylic acids is 1. The van der Waals surface area contributed by atoms with E-state index in [1.54, 1.807) is 43.6 Å². The Morgan fingerprint density at radius 2 is 2.05 bits per heavy atom. The van der Waals surface area contributed by atoms with Gasteiger partial charge in [0.05, 0.1) is 18.1 Å². The van der Waals surface area contributed by atoms with Gasteiger partial charge >= 0.3 is 0 Å². The molecule has 0 bridgehead atoms. The summed E-state index contributed by atoms with van der Waals surface area (Å²) >= 11 is 0. The van der Waals surface area contributed by atoms with E-state index in [1.165, 1.54) is 4.68 Å². The number of ether oxygens (including phenoxy) is 2. The Labute approximate surface area is 109 Å². The van der Waals surface area contributed by atoms with E-state index in [0.717, 1.165) is 0 Å². The fourth-order valence-corrected chi connectivity index (χ4v) is 1.51. The molecule has 1 N–H and O–H groups in total. The second-order valence-corrected chi connectivity index (χ2v) is 3.80. The van der Waals surface area contributed by atoms with Crippen molar-refractivity contribution in [1.29, 1.82) is 0 Å². The molecule has 102 valence electrons. The Hall–Kier alpha value is -2.19. The first kappa shape index (κ1) is 13.2. The minimum Gasteiger partial charge on any atom is -0.362 e. The number of carbonyl (C=O) groups is 1. The molecular formula is C11H15N5O3. The molecule has 19 heavy (non-hydrogen) atoms. The molecule has 2 aromatic heterocycles. The van der Waals surface area contributed by atoms with Crippen LogP contribution in [0.25, 0.3) is 0 Å².